The van der Waals surface area contributed by atoms with Gasteiger partial charge in [-0.2, -0.15) is 0 Å². The summed E-state index contributed by atoms with van der Waals surface area (Å²) in [6.07, 6.45) is 3.22. The maximum absolute atomic E-state index is 12.1. The van der Waals surface area contributed by atoms with Crippen molar-refractivity contribution in [3.05, 3.63) is 40.9 Å². The molecule has 1 fully saturated rings. The number of amides is 1. The number of hydrogen-bond donors (Lipinski definition) is 1. The molecule has 0 aliphatic carbocycles. The number of halogens is 1. The average Bonchev–Trinajstić information content (AvgIpc) is 2.45. The molecule has 1 aromatic rings. The Hall–Kier alpha value is -1.36. The number of aliphatic hydroxyl groups is 1. The zero-order valence-electron chi connectivity index (χ0n) is 10.5. The van der Waals surface area contributed by atoms with Crippen LogP contribution in [0.3, 0.4) is 0 Å². The lowest BCUT2D eigenvalue weighted by Gasteiger charge is -2.33. The summed E-state index contributed by atoms with van der Waals surface area (Å²) in [7, 11) is 0. The van der Waals surface area contributed by atoms with E-state index in [-0.39, 0.29) is 18.6 Å². The summed E-state index contributed by atoms with van der Waals surface area (Å²) < 4.78 is 5.24. The van der Waals surface area contributed by atoms with Crippen LogP contribution in [0.5, 0.6) is 0 Å². The highest BCUT2D eigenvalue weighted by Crippen LogP contribution is 2.13. The first-order chi connectivity index (χ1) is 9.20. The van der Waals surface area contributed by atoms with Gasteiger partial charge in [0.25, 0.3) is 0 Å². The summed E-state index contributed by atoms with van der Waals surface area (Å²) in [5.74, 6) is -0.123. The number of ether oxygens (including phenoxy) is 1. The third-order valence-electron chi connectivity index (χ3n) is 2.99. The third kappa shape index (κ3) is 3.80. The molecule has 19 heavy (non-hydrogen) atoms. The van der Waals surface area contributed by atoms with Crippen molar-refractivity contribution >= 4 is 23.6 Å². The van der Waals surface area contributed by atoms with Crippen LogP contribution >= 0.6 is 11.6 Å². The molecule has 5 heteroatoms. The minimum Gasteiger partial charge on any atom is -0.394 e. The van der Waals surface area contributed by atoms with Gasteiger partial charge in [-0.3, -0.25) is 4.79 Å². The van der Waals surface area contributed by atoms with E-state index in [4.69, 9.17) is 16.3 Å². The van der Waals surface area contributed by atoms with Crippen LogP contribution in [0.1, 0.15) is 5.56 Å². The molecular weight excluding hydrogens is 266 g/mol. The van der Waals surface area contributed by atoms with Gasteiger partial charge in [0.15, 0.2) is 0 Å². The molecule has 0 radical (unpaired) electrons. The molecule has 0 bridgehead atoms. The number of rotatable bonds is 3. The second-order valence-electron chi connectivity index (χ2n) is 4.33. The number of aliphatic hydroxyl groups excluding tert-OH is 1. The van der Waals surface area contributed by atoms with E-state index in [0.717, 1.165) is 5.56 Å². The lowest BCUT2D eigenvalue weighted by molar-refractivity contribution is -0.136. The predicted octanol–water partition coefficient (Wildman–Crippen LogP) is 1.57. The molecule has 0 spiro atoms. The molecule has 1 heterocycles. The highest BCUT2D eigenvalue weighted by Gasteiger charge is 2.24. The Kier molecular flexibility index (Phi) is 4.96. The Labute approximate surface area is 117 Å². The van der Waals surface area contributed by atoms with Crippen LogP contribution in [0.2, 0.25) is 5.02 Å². The third-order valence-corrected chi connectivity index (χ3v) is 3.22. The molecule has 4 nitrogen and oxygen atoms in total. The second kappa shape index (κ2) is 6.70. The van der Waals surface area contributed by atoms with E-state index < -0.39 is 0 Å². The molecule has 1 saturated heterocycles. The van der Waals surface area contributed by atoms with Gasteiger partial charge in [0, 0.05) is 17.6 Å². The lowest BCUT2D eigenvalue weighted by Crippen LogP contribution is -2.49. The number of benzene rings is 1. The summed E-state index contributed by atoms with van der Waals surface area (Å²) in [6.45, 7) is 1.31. The van der Waals surface area contributed by atoms with Gasteiger partial charge >= 0.3 is 0 Å². The average molecular weight is 282 g/mol. The second-order valence-corrected chi connectivity index (χ2v) is 4.77. The Morgan fingerprint density at radius 1 is 1.58 bits per heavy atom. The number of nitrogens with zero attached hydrogens (tertiary/aromatic N) is 1. The first-order valence-electron chi connectivity index (χ1n) is 6.13. The van der Waals surface area contributed by atoms with E-state index in [1.54, 1.807) is 23.1 Å². The van der Waals surface area contributed by atoms with Crippen molar-refractivity contribution in [3.63, 3.8) is 0 Å². The summed E-state index contributed by atoms with van der Waals surface area (Å²) in [4.78, 5) is 13.7. The molecule has 102 valence electrons. The fraction of sp³-hybridized carbons (Fsp3) is 0.357. The Bertz CT molecular complexity index is 476. The van der Waals surface area contributed by atoms with Crippen LogP contribution in [0.25, 0.3) is 6.08 Å². The summed E-state index contributed by atoms with van der Waals surface area (Å²) in [5, 5.41) is 9.85. The molecule has 1 atom stereocenters. The molecule has 0 aromatic heterocycles. The highest BCUT2D eigenvalue weighted by atomic mass is 35.5. The zero-order valence-corrected chi connectivity index (χ0v) is 11.2. The van der Waals surface area contributed by atoms with E-state index in [1.807, 2.05) is 12.1 Å². The Morgan fingerprint density at radius 2 is 2.42 bits per heavy atom. The van der Waals surface area contributed by atoms with Crippen LogP contribution in [-0.2, 0) is 9.53 Å². The maximum atomic E-state index is 12.1. The van der Waals surface area contributed by atoms with Gasteiger partial charge in [-0.1, -0.05) is 23.7 Å². The van der Waals surface area contributed by atoms with Crippen molar-refractivity contribution in [1.29, 1.82) is 0 Å². The SMILES string of the molecule is O=C(/C=C/c1cccc(Cl)c1)N1CCOCC1CO. The molecule has 0 saturated carbocycles. The molecule has 1 aliphatic rings. The summed E-state index contributed by atoms with van der Waals surface area (Å²) >= 11 is 5.88. The van der Waals surface area contributed by atoms with Gasteiger partial charge in [0.1, 0.15) is 0 Å². The minimum absolute atomic E-state index is 0.0866. The minimum atomic E-state index is -0.259. The lowest BCUT2D eigenvalue weighted by atomic mass is 10.2. The zero-order chi connectivity index (χ0) is 13.7. The van der Waals surface area contributed by atoms with Gasteiger partial charge in [0.2, 0.25) is 5.91 Å². The Morgan fingerprint density at radius 3 is 3.16 bits per heavy atom. The monoisotopic (exact) mass is 281 g/mol. The van der Waals surface area contributed by atoms with E-state index in [2.05, 4.69) is 0 Å². The molecule has 1 amide bonds. The van der Waals surface area contributed by atoms with Crippen molar-refractivity contribution < 1.29 is 14.6 Å². The topological polar surface area (TPSA) is 49.8 Å². The fourth-order valence-corrected chi connectivity index (χ4v) is 2.17. The quantitative estimate of drug-likeness (QED) is 0.856. The van der Waals surface area contributed by atoms with Gasteiger partial charge in [-0.05, 0) is 23.8 Å². The van der Waals surface area contributed by atoms with Crippen LogP contribution in [-0.4, -0.2) is 48.3 Å². The first-order valence-corrected chi connectivity index (χ1v) is 6.51. The smallest absolute Gasteiger partial charge is 0.247 e. The summed E-state index contributed by atoms with van der Waals surface area (Å²) in [5.41, 5.74) is 0.870. The molecular formula is C14H16ClNO3. The van der Waals surface area contributed by atoms with Gasteiger partial charge in [-0.15, -0.1) is 0 Å². The van der Waals surface area contributed by atoms with Gasteiger partial charge in [-0.25, -0.2) is 0 Å². The van der Waals surface area contributed by atoms with Gasteiger partial charge in [0.05, 0.1) is 25.9 Å². The van der Waals surface area contributed by atoms with E-state index in [9.17, 15) is 9.90 Å². The Balaban J connectivity index is 2.03. The predicted molar refractivity (Wildman–Crippen MR) is 73.9 cm³/mol. The van der Waals surface area contributed by atoms with Crippen LogP contribution < -0.4 is 0 Å². The van der Waals surface area contributed by atoms with E-state index >= 15 is 0 Å². The highest BCUT2D eigenvalue weighted by molar-refractivity contribution is 6.30. The normalized spacial score (nSPS) is 19.9. The first kappa shape index (κ1) is 14.1. The molecule has 1 N–H and O–H groups in total. The number of carbonyl (C=O) groups is 1. The molecule has 1 aromatic carbocycles. The molecule has 1 aliphatic heterocycles. The number of carbonyl (C=O) groups excluding carboxylic acids is 1. The fourth-order valence-electron chi connectivity index (χ4n) is 1.97. The van der Waals surface area contributed by atoms with Crippen molar-refractivity contribution in [2.45, 2.75) is 6.04 Å². The van der Waals surface area contributed by atoms with Gasteiger partial charge < -0.3 is 14.7 Å². The largest absolute Gasteiger partial charge is 0.394 e. The van der Waals surface area contributed by atoms with Crippen LogP contribution in [0.15, 0.2) is 30.3 Å². The molecule has 1 unspecified atom stereocenters. The van der Waals surface area contributed by atoms with Crippen molar-refractivity contribution in [1.82, 2.24) is 4.90 Å². The van der Waals surface area contributed by atoms with Crippen molar-refractivity contribution in [2.24, 2.45) is 0 Å². The standard InChI is InChI=1S/C14H16ClNO3/c15-12-3-1-2-11(8-12)4-5-14(18)16-6-7-19-10-13(16)9-17/h1-5,8,13,17H,6-7,9-10H2/b5-4+. The summed E-state index contributed by atoms with van der Waals surface area (Å²) in [6, 6.07) is 7.01. The maximum Gasteiger partial charge on any atom is 0.247 e. The van der Waals surface area contributed by atoms with Crippen molar-refractivity contribution in [3.8, 4) is 0 Å². The van der Waals surface area contributed by atoms with Crippen LogP contribution in [0, 0.1) is 0 Å². The van der Waals surface area contributed by atoms with Crippen molar-refractivity contribution in [2.75, 3.05) is 26.4 Å². The van der Waals surface area contributed by atoms with E-state index in [1.165, 1.54) is 6.08 Å². The van der Waals surface area contributed by atoms with E-state index in [0.29, 0.717) is 24.8 Å². The van der Waals surface area contributed by atoms with Crippen LogP contribution in [0.4, 0.5) is 0 Å². The number of hydrogen-bond acceptors (Lipinski definition) is 3. The number of morpholine rings is 1. The molecule has 2 rings (SSSR count).